The van der Waals surface area contributed by atoms with Gasteiger partial charge in [0.15, 0.2) is 0 Å². The molecule has 1 fully saturated rings. The van der Waals surface area contributed by atoms with Crippen molar-refractivity contribution in [2.24, 2.45) is 0 Å². The summed E-state index contributed by atoms with van der Waals surface area (Å²) < 4.78 is 27.2. The number of carbonyl (C=O) groups is 2. The number of hydrogen-bond donors (Lipinski definition) is 2. The summed E-state index contributed by atoms with van der Waals surface area (Å²) in [7, 11) is -3.52. The Hall–Kier alpha value is -2.13. The van der Waals surface area contributed by atoms with E-state index in [4.69, 9.17) is 23.2 Å². The van der Waals surface area contributed by atoms with Crippen LogP contribution in [0.4, 0.5) is 0 Å². The lowest BCUT2D eigenvalue weighted by molar-refractivity contribution is -0.124. The third-order valence-electron chi connectivity index (χ3n) is 6.94. The Kier molecular flexibility index (Phi) is 8.29. The lowest BCUT2D eigenvalue weighted by Crippen LogP contribution is -2.59. The molecule has 0 saturated heterocycles. The number of amides is 2. The van der Waals surface area contributed by atoms with Gasteiger partial charge in [0, 0.05) is 34.2 Å². The van der Waals surface area contributed by atoms with E-state index < -0.39 is 34.1 Å². The minimum Gasteiger partial charge on any atom is -0.356 e. The van der Waals surface area contributed by atoms with Crippen LogP contribution in [0, 0.1) is 0 Å². The highest BCUT2D eigenvalue weighted by atomic mass is 35.5. The molecule has 1 unspecified atom stereocenters. The van der Waals surface area contributed by atoms with Crippen LogP contribution in [0.2, 0.25) is 10.0 Å². The van der Waals surface area contributed by atoms with Gasteiger partial charge in [0.2, 0.25) is 15.9 Å². The van der Waals surface area contributed by atoms with Crippen LogP contribution in [0.3, 0.4) is 0 Å². The predicted molar refractivity (Wildman–Crippen MR) is 142 cm³/mol. The molecule has 1 aliphatic carbocycles. The van der Waals surface area contributed by atoms with Crippen LogP contribution >= 0.6 is 23.2 Å². The Morgan fingerprint density at radius 3 is 2.50 bits per heavy atom. The van der Waals surface area contributed by atoms with Crippen molar-refractivity contribution in [3.63, 3.8) is 0 Å². The molecule has 2 aromatic carbocycles. The zero-order valence-corrected chi connectivity index (χ0v) is 22.7. The van der Waals surface area contributed by atoms with Crippen LogP contribution in [0.5, 0.6) is 0 Å². The number of carbonyl (C=O) groups excluding carboxylic acids is 2. The van der Waals surface area contributed by atoms with Crippen molar-refractivity contribution < 1.29 is 18.0 Å². The van der Waals surface area contributed by atoms with Crippen LogP contribution in [-0.2, 0) is 14.8 Å². The molecule has 36 heavy (non-hydrogen) atoms. The van der Waals surface area contributed by atoms with Crippen LogP contribution in [-0.4, -0.2) is 50.0 Å². The molecule has 4 atom stereocenters. The normalized spacial score (nSPS) is 24.3. The van der Waals surface area contributed by atoms with Crippen molar-refractivity contribution in [2.45, 2.75) is 63.1 Å². The summed E-state index contributed by atoms with van der Waals surface area (Å²) in [5, 5.41) is 3.80. The average Bonchev–Trinajstić information content (AvgIpc) is 2.82. The lowest BCUT2D eigenvalue weighted by atomic mass is 9.76. The third-order valence-corrected chi connectivity index (χ3v) is 8.23. The first kappa shape index (κ1) is 26.9. The maximum absolute atomic E-state index is 14.1. The lowest BCUT2D eigenvalue weighted by Gasteiger charge is -2.49. The second kappa shape index (κ2) is 11.1. The van der Waals surface area contributed by atoms with E-state index >= 15 is 0 Å². The first-order valence-corrected chi connectivity index (χ1v) is 14.9. The van der Waals surface area contributed by atoms with Gasteiger partial charge in [-0.1, -0.05) is 67.2 Å². The fraction of sp³-hybridized carbons (Fsp3) is 0.462. The van der Waals surface area contributed by atoms with E-state index in [2.05, 4.69) is 10.0 Å². The highest BCUT2D eigenvalue weighted by Crippen LogP contribution is 2.47. The van der Waals surface area contributed by atoms with Gasteiger partial charge >= 0.3 is 0 Å². The molecule has 2 amide bonds. The van der Waals surface area contributed by atoms with Gasteiger partial charge in [-0.2, -0.15) is 0 Å². The fourth-order valence-electron chi connectivity index (χ4n) is 5.49. The minimum absolute atomic E-state index is 0.207. The van der Waals surface area contributed by atoms with E-state index in [1.54, 1.807) is 35.2 Å². The summed E-state index contributed by atoms with van der Waals surface area (Å²) in [6, 6.07) is 10.5. The quantitative estimate of drug-likeness (QED) is 0.523. The van der Waals surface area contributed by atoms with Crippen LogP contribution in [0.15, 0.2) is 42.5 Å². The van der Waals surface area contributed by atoms with E-state index in [1.165, 1.54) is 0 Å². The number of nitrogens with one attached hydrogen (secondary N) is 2. The van der Waals surface area contributed by atoms with Gasteiger partial charge < -0.3 is 10.2 Å². The number of sulfonamides is 1. The molecule has 2 aliphatic rings. The Morgan fingerprint density at radius 1 is 1.08 bits per heavy atom. The topological polar surface area (TPSA) is 95.6 Å². The van der Waals surface area contributed by atoms with Crippen molar-refractivity contribution in [2.75, 3.05) is 12.8 Å². The Morgan fingerprint density at radius 2 is 1.81 bits per heavy atom. The number of benzene rings is 2. The standard InChI is InChI=1S/C26H31Cl2N3O4S/c1-3-14-29-25(32)23-17-8-4-5-9-18(17)26(33)31(24(23)19-13-12-16(27)15-20(19)28)22-11-7-6-10-21(22)30-36(2,34)35/h4-5,8-9,12-13,15,21-24,30H,3,6-7,10-11,14H2,1-2H3,(H,29,32)/t21-,22?,23+,24-/m0/s1. The van der Waals surface area contributed by atoms with E-state index in [0.29, 0.717) is 46.1 Å². The van der Waals surface area contributed by atoms with Gasteiger partial charge in [0.25, 0.3) is 5.91 Å². The van der Waals surface area contributed by atoms with Crippen molar-refractivity contribution in [3.8, 4) is 0 Å². The average molecular weight is 553 g/mol. The van der Waals surface area contributed by atoms with Gasteiger partial charge in [-0.25, -0.2) is 13.1 Å². The second-order valence-corrected chi connectivity index (χ2v) is 12.2. The van der Waals surface area contributed by atoms with Crippen molar-refractivity contribution in [1.82, 2.24) is 14.9 Å². The van der Waals surface area contributed by atoms with E-state index in [9.17, 15) is 18.0 Å². The molecule has 10 heteroatoms. The summed E-state index contributed by atoms with van der Waals surface area (Å²) in [5.41, 5.74) is 1.68. The molecule has 2 aromatic rings. The van der Waals surface area contributed by atoms with Gasteiger partial charge in [-0.05, 0) is 48.6 Å². The first-order valence-electron chi connectivity index (χ1n) is 12.2. The monoisotopic (exact) mass is 551 g/mol. The number of hydrogen-bond acceptors (Lipinski definition) is 4. The molecule has 1 saturated carbocycles. The van der Waals surface area contributed by atoms with Crippen LogP contribution in [0.25, 0.3) is 0 Å². The zero-order chi connectivity index (χ0) is 26.0. The minimum atomic E-state index is -3.52. The molecule has 1 aliphatic heterocycles. The Balaban J connectivity index is 1.93. The highest BCUT2D eigenvalue weighted by Gasteiger charge is 2.49. The van der Waals surface area contributed by atoms with Gasteiger partial charge in [-0.3, -0.25) is 9.59 Å². The van der Waals surface area contributed by atoms with E-state index in [0.717, 1.165) is 25.5 Å². The summed E-state index contributed by atoms with van der Waals surface area (Å²) in [6.07, 6.45) is 4.77. The smallest absolute Gasteiger partial charge is 0.255 e. The molecule has 194 valence electrons. The highest BCUT2D eigenvalue weighted by molar-refractivity contribution is 7.88. The molecule has 0 radical (unpaired) electrons. The molecule has 0 aromatic heterocycles. The van der Waals surface area contributed by atoms with Gasteiger partial charge in [0.1, 0.15) is 0 Å². The third kappa shape index (κ3) is 5.57. The number of halogens is 2. The largest absolute Gasteiger partial charge is 0.356 e. The Bertz CT molecular complexity index is 1250. The number of fused-ring (bicyclic) bond motifs is 1. The summed E-state index contributed by atoms with van der Waals surface area (Å²) in [4.78, 5) is 29.5. The van der Waals surface area contributed by atoms with Crippen molar-refractivity contribution in [3.05, 3.63) is 69.2 Å². The van der Waals surface area contributed by atoms with Crippen LogP contribution < -0.4 is 10.0 Å². The van der Waals surface area contributed by atoms with E-state index in [-0.39, 0.29) is 11.8 Å². The maximum atomic E-state index is 14.1. The maximum Gasteiger partial charge on any atom is 0.255 e. The molecular weight excluding hydrogens is 521 g/mol. The summed E-state index contributed by atoms with van der Waals surface area (Å²) in [5.74, 6) is -1.18. The molecular formula is C26H31Cl2N3O4S. The van der Waals surface area contributed by atoms with Crippen LogP contribution in [0.1, 0.15) is 72.5 Å². The molecule has 2 N–H and O–H groups in total. The first-order chi connectivity index (χ1) is 17.1. The molecule has 7 nitrogen and oxygen atoms in total. The number of nitrogens with zero attached hydrogens (tertiary/aromatic N) is 1. The van der Waals surface area contributed by atoms with Crippen molar-refractivity contribution >= 4 is 45.0 Å². The van der Waals surface area contributed by atoms with Gasteiger partial charge in [-0.15, -0.1) is 0 Å². The second-order valence-electron chi connectivity index (χ2n) is 9.53. The number of rotatable bonds is 7. The predicted octanol–water partition coefficient (Wildman–Crippen LogP) is 4.66. The Labute approximate surface area is 222 Å². The molecule has 4 rings (SSSR count). The fourth-order valence-corrected chi connectivity index (χ4v) is 6.83. The van der Waals surface area contributed by atoms with Crippen molar-refractivity contribution in [1.29, 1.82) is 0 Å². The molecule has 0 spiro atoms. The summed E-state index contributed by atoms with van der Waals surface area (Å²) >= 11 is 12.9. The van der Waals surface area contributed by atoms with Gasteiger partial charge in [0.05, 0.1) is 18.2 Å². The molecule has 0 bridgehead atoms. The SMILES string of the molecule is CCCNC(=O)[C@@H]1c2ccccc2C(=O)N(C2CCCC[C@@H]2NS(C)(=O)=O)[C@H]1c1ccc(Cl)cc1Cl. The van der Waals surface area contributed by atoms with E-state index in [1.807, 2.05) is 19.1 Å². The zero-order valence-electron chi connectivity index (χ0n) is 20.3. The summed E-state index contributed by atoms with van der Waals surface area (Å²) in [6.45, 7) is 2.47. The molecule has 1 heterocycles.